The standard InChI is InChI=1S/C15H21N5O2/c1-11(10-21)12(2)18-15(22)19-14-6-8-17-20(14)9-13-5-3-4-7-16-13/h3-8,11-12,21H,9-10H2,1-2H3,(H2,18,19,22). The van der Waals surface area contributed by atoms with E-state index >= 15 is 0 Å². The molecule has 0 aliphatic rings. The van der Waals surface area contributed by atoms with Gasteiger partial charge in [0.05, 0.1) is 18.4 Å². The largest absolute Gasteiger partial charge is 0.396 e. The Labute approximate surface area is 129 Å². The van der Waals surface area contributed by atoms with Crippen molar-refractivity contribution in [2.75, 3.05) is 11.9 Å². The van der Waals surface area contributed by atoms with Gasteiger partial charge in [-0.05, 0) is 25.0 Å². The van der Waals surface area contributed by atoms with Gasteiger partial charge in [-0.25, -0.2) is 9.48 Å². The molecule has 2 unspecified atom stereocenters. The summed E-state index contributed by atoms with van der Waals surface area (Å²) in [5, 5.41) is 18.8. The molecule has 7 heteroatoms. The number of pyridine rings is 1. The minimum absolute atomic E-state index is 0.0100. The predicted octanol–water partition coefficient (Wildman–Crippen LogP) is 1.46. The molecule has 0 aromatic carbocycles. The first-order valence-corrected chi connectivity index (χ1v) is 7.20. The molecule has 118 valence electrons. The van der Waals surface area contributed by atoms with Crippen LogP contribution in [0.1, 0.15) is 19.5 Å². The van der Waals surface area contributed by atoms with Crippen molar-refractivity contribution in [2.45, 2.75) is 26.4 Å². The van der Waals surface area contributed by atoms with Crippen molar-refractivity contribution in [3.63, 3.8) is 0 Å². The highest BCUT2D eigenvalue weighted by atomic mass is 16.3. The van der Waals surface area contributed by atoms with Crippen LogP contribution in [0.3, 0.4) is 0 Å². The second-order valence-electron chi connectivity index (χ2n) is 5.24. The Morgan fingerprint density at radius 3 is 2.82 bits per heavy atom. The number of nitrogens with one attached hydrogen (secondary N) is 2. The van der Waals surface area contributed by atoms with Gasteiger partial charge in [0.15, 0.2) is 0 Å². The maximum Gasteiger partial charge on any atom is 0.320 e. The molecule has 2 aromatic rings. The quantitative estimate of drug-likeness (QED) is 0.753. The van der Waals surface area contributed by atoms with E-state index in [1.54, 1.807) is 23.1 Å². The van der Waals surface area contributed by atoms with Crippen molar-refractivity contribution in [2.24, 2.45) is 5.92 Å². The number of amides is 2. The van der Waals surface area contributed by atoms with Crippen LogP contribution in [0.2, 0.25) is 0 Å². The lowest BCUT2D eigenvalue weighted by atomic mass is 10.1. The molecule has 3 N–H and O–H groups in total. The van der Waals surface area contributed by atoms with E-state index in [0.29, 0.717) is 12.4 Å². The van der Waals surface area contributed by atoms with Crippen molar-refractivity contribution in [1.29, 1.82) is 0 Å². The van der Waals surface area contributed by atoms with E-state index in [0.717, 1.165) is 5.69 Å². The minimum Gasteiger partial charge on any atom is -0.396 e. The molecule has 7 nitrogen and oxygen atoms in total. The van der Waals surface area contributed by atoms with Gasteiger partial charge in [-0.1, -0.05) is 13.0 Å². The molecule has 0 saturated carbocycles. The van der Waals surface area contributed by atoms with E-state index in [4.69, 9.17) is 5.11 Å². The molecule has 0 bridgehead atoms. The molecular weight excluding hydrogens is 282 g/mol. The number of aromatic nitrogens is 3. The van der Waals surface area contributed by atoms with Gasteiger partial charge in [-0.2, -0.15) is 5.10 Å². The van der Waals surface area contributed by atoms with E-state index in [2.05, 4.69) is 20.7 Å². The summed E-state index contributed by atoms with van der Waals surface area (Å²) in [5.41, 5.74) is 0.858. The smallest absolute Gasteiger partial charge is 0.320 e. The lowest BCUT2D eigenvalue weighted by Gasteiger charge is -2.19. The number of aliphatic hydroxyl groups is 1. The van der Waals surface area contributed by atoms with Gasteiger partial charge in [0.1, 0.15) is 5.82 Å². The molecule has 2 atom stereocenters. The van der Waals surface area contributed by atoms with Crippen LogP contribution < -0.4 is 10.6 Å². The summed E-state index contributed by atoms with van der Waals surface area (Å²) in [7, 11) is 0. The van der Waals surface area contributed by atoms with E-state index in [-0.39, 0.29) is 24.6 Å². The molecule has 2 heterocycles. The van der Waals surface area contributed by atoms with Crippen molar-refractivity contribution in [1.82, 2.24) is 20.1 Å². The van der Waals surface area contributed by atoms with Gasteiger partial charge < -0.3 is 10.4 Å². The lowest BCUT2D eigenvalue weighted by Crippen LogP contribution is -2.41. The summed E-state index contributed by atoms with van der Waals surface area (Å²) < 4.78 is 1.67. The fourth-order valence-electron chi connectivity index (χ4n) is 1.87. The maximum absolute atomic E-state index is 12.0. The Balaban J connectivity index is 1.96. The van der Waals surface area contributed by atoms with Crippen LogP contribution in [0.4, 0.5) is 10.6 Å². The zero-order chi connectivity index (χ0) is 15.9. The molecule has 2 rings (SSSR count). The number of hydrogen-bond donors (Lipinski definition) is 3. The van der Waals surface area contributed by atoms with Crippen molar-refractivity contribution in [3.05, 3.63) is 42.4 Å². The van der Waals surface area contributed by atoms with Crippen LogP contribution in [0, 0.1) is 5.92 Å². The second kappa shape index (κ2) is 7.56. The lowest BCUT2D eigenvalue weighted by molar-refractivity contribution is 0.204. The Morgan fingerprint density at radius 1 is 1.32 bits per heavy atom. The van der Waals surface area contributed by atoms with Crippen molar-refractivity contribution in [3.8, 4) is 0 Å². The first-order chi connectivity index (χ1) is 10.6. The molecule has 0 aliphatic heterocycles. The normalized spacial score (nSPS) is 13.4. The number of carbonyl (C=O) groups is 1. The summed E-state index contributed by atoms with van der Waals surface area (Å²) in [6.45, 7) is 4.23. The summed E-state index contributed by atoms with van der Waals surface area (Å²) in [6, 6.07) is 6.93. The number of aliphatic hydroxyl groups excluding tert-OH is 1. The number of carbonyl (C=O) groups excluding carboxylic acids is 1. The first-order valence-electron chi connectivity index (χ1n) is 7.20. The van der Waals surface area contributed by atoms with Crippen LogP contribution >= 0.6 is 0 Å². The number of rotatable bonds is 6. The highest BCUT2D eigenvalue weighted by Gasteiger charge is 2.15. The number of nitrogens with zero attached hydrogens (tertiary/aromatic N) is 3. The number of hydrogen-bond acceptors (Lipinski definition) is 4. The first kappa shape index (κ1) is 16.0. The van der Waals surface area contributed by atoms with E-state index in [1.165, 1.54) is 0 Å². The third-order valence-electron chi connectivity index (χ3n) is 3.50. The van der Waals surface area contributed by atoms with Gasteiger partial charge in [-0.15, -0.1) is 0 Å². The Hall–Kier alpha value is -2.41. The average Bonchev–Trinajstić information content (AvgIpc) is 2.94. The van der Waals surface area contributed by atoms with Gasteiger partial charge in [0, 0.05) is 24.9 Å². The molecule has 0 spiro atoms. The Morgan fingerprint density at radius 2 is 2.14 bits per heavy atom. The monoisotopic (exact) mass is 303 g/mol. The van der Waals surface area contributed by atoms with E-state index in [9.17, 15) is 4.79 Å². The summed E-state index contributed by atoms with van der Waals surface area (Å²) in [5.74, 6) is 0.580. The number of anilines is 1. The molecule has 0 fully saturated rings. The zero-order valence-corrected chi connectivity index (χ0v) is 12.7. The van der Waals surface area contributed by atoms with Gasteiger partial charge in [0.2, 0.25) is 0 Å². The minimum atomic E-state index is -0.324. The fraction of sp³-hybridized carbons (Fsp3) is 0.400. The molecule has 0 saturated heterocycles. The summed E-state index contributed by atoms with van der Waals surface area (Å²) >= 11 is 0. The van der Waals surface area contributed by atoms with Crippen LogP contribution in [-0.2, 0) is 6.54 Å². The van der Waals surface area contributed by atoms with Crippen molar-refractivity contribution < 1.29 is 9.90 Å². The third kappa shape index (κ3) is 4.29. The zero-order valence-electron chi connectivity index (χ0n) is 12.7. The van der Waals surface area contributed by atoms with E-state index < -0.39 is 0 Å². The fourth-order valence-corrected chi connectivity index (χ4v) is 1.87. The SMILES string of the molecule is CC(CO)C(C)NC(=O)Nc1ccnn1Cc1ccccn1. The van der Waals surface area contributed by atoms with Gasteiger partial charge in [-0.3, -0.25) is 10.3 Å². The topological polar surface area (TPSA) is 92.1 Å². The highest BCUT2D eigenvalue weighted by molar-refractivity contribution is 5.88. The number of urea groups is 1. The summed E-state index contributed by atoms with van der Waals surface area (Å²) in [6.07, 6.45) is 3.34. The Kier molecular flexibility index (Phi) is 5.48. The second-order valence-corrected chi connectivity index (χ2v) is 5.24. The molecule has 2 aromatic heterocycles. The third-order valence-corrected chi connectivity index (χ3v) is 3.50. The summed E-state index contributed by atoms with van der Waals surface area (Å²) in [4.78, 5) is 16.2. The molecule has 0 radical (unpaired) electrons. The molecule has 22 heavy (non-hydrogen) atoms. The van der Waals surface area contributed by atoms with Crippen LogP contribution in [0.25, 0.3) is 0 Å². The van der Waals surface area contributed by atoms with Gasteiger partial charge >= 0.3 is 6.03 Å². The average molecular weight is 303 g/mol. The van der Waals surface area contributed by atoms with Crippen LogP contribution in [-0.4, -0.2) is 38.6 Å². The van der Waals surface area contributed by atoms with Crippen molar-refractivity contribution >= 4 is 11.8 Å². The van der Waals surface area contributed by atoms with Crippen LogP contribution in [0.15, 0.2) is 36.7 Å². The maximum atomic E-state index is 12.0. The molecular formula is C15H21N5O2. The Bertz CT molecular complexity index is 599. The highest BCUT2D eigenvalue weighted by Crippen LogP contribution is 2.09. The molecule has 0 aliphatic carbocycles. The molecule has 2 amide bonds. The van der Waals surface area contributed by atoms with E-state index in [1.807, 2.05) is 32.0 Å². The predicted molar refractivity (Wildman–Crippen MR) is 83.4 cm³/mol. The van der Waals surface area contributed by atoms with Gasteiger partial charge in [0.25, 0.3) is 0 Å². The van der Waals surface area contributed by atoms with Crippen LogP contribution in [0.5, 0.6) is 0 Å².